The topological polar surface area (TPSA) is 72.7 Å². The summed E-state index contributed by atoms with van der Waals surface area (Å²) in [4.78, 5) is 15.4. The molecule has 2 aliphatic heterocycles. The van der Waals surface area contributed by atoms with E-state index in [0.717, 1.165) is 10.6 Å². The van der Waals surface area contributed by atoms with Gasteiger partial charge in [-0.3, -0.25) is 4.79 Å². The highest BCUT2D eigenvalue weighted by Gasteiger charge is 2.22. The second kappa shape index (κ2) is 6.94. The summed E-state index contributed by atoms with van der Waals surface area (Å²) in [6, 6.07) is 9.20. The summed E-state index contributed by atoms with van der Waals surface area (Å²) in [6.07, 6.45) is 1.62. The van der Waals surface area contributed by atoms with Crippen molar-refractivity contribution >= 4 is 17.2 Å². The summed E-state index contributed by atoms with van der Waals surface area (Å²) in [5.41, 5.74) is 0.771. The molecule has 0 unspecified atom stereocenters. The highest BCUT2D eigenvalue weighted by atomic mass is 32.1. The van der Waals surface area contributed by atoms with Gasteiger partial charge in [0.25, 0.3) is 5.91 Å². The number of amides is 1. The molecule has 8 heteroatoms. The van der Waals surface area contributed by atoms with Gasteiger partial charge in [0.05, 0.1) is 18.4 Å². The summed E-state index contributed by atoms with van der Waals surface area (Å²) in [6.45, 7) is 1.01. The maximum Gasteiger partial charge on any atom is 0.265 e. The monoisotopic (exact) mass is 357 g/mol. The van der Waals surface area contributed by atoms with Crippen molar-refractivity contribution in [2.24, 2.45) is 10.2 Å². The Morgan fingerprint density at radius 1 is 1.28 bits per heavy atom. The Morgan fingerprint density at radius 3 is 3.00 bits per heavy atom. The molecule has 0 N–H and O–H groups in total. The lowest BCUT2D eigenvalue weighted by atomic mass is 10.3. The second-order valence-electron chi connectivity index (χ2n) is 5.40. The van der Waals surface area contributed by atoms with E-state index in [-0.39, 0.29) is 19.3 Å². The Kier molecular flexibility index (Phi) is 4.34. The summed E-state index contributed by atoms with van der Waals surface area (Å²) < 4.78 is 16.2. The maximum absolute atomic E-state index is 12.7. The third-order valence-corrected chi connectivity index (χ3v) is 4.63. The van der Waals surface area contributed by atoms with Gasteiger partial charge in [-0.2, -0.15) is 10.2 Å². The zero-order chi connectivity index (χ0) is 17.1. The van der Waals surface area contributed by atoms with Crippen LogP contribution in [0, 0.1) is 0 Å². The van der Waals surface area contributed by atoms with E-state index in [2.05, 4.69) is 10.2 Å². The molecule has 0 saturated carbocycles. The number of nitrogens with zero attached hydrogens (tertiary/aromatic N) is 3. The van der Waals surface area contributed by atoms with Gasteiger partial charge in [-0.25, -0.2) is 0 Å². The van der Waals surface area contributed by atoms with Crippen molar-refractivity contribution in [1.29, 1.82) is 0 Å². The van der Waals surface area contributed by atoms with Crippen molar-refractivity contribution in [3.05, 3.63) is 52.5 Å². The Labute approximate surface area is 148 Å². The SMILES string of the molecule is O=C(COc1ccc2c(c1)OCO2)N(Cc1cccs1)C1=CN=NC1. The number of benzene rings is 1. The number of carbonyl (C=O) groups is 1. The first-order valence-electron chi connectivity index (χ1n) is 7.70. The third-order valence-electron chi connectivity index (χ3n) is 3.77. The predicted octanol–water partition coefficient (Wildman–Crippen LogP) is 3.19. The van der Waals surface area contributed by atoms with Gasteiger partial charge < -0.3 is 19.1 Å². The molecule has 1 amide bonds. The van der Waals surface area contributed by atoms with Crippen LogP contribution in [0.25, 0.3) is 0 Å². The van der Waals surface area contributed by atoms with E-state index in [9.17, 15) is 4.79 Å². The maximum atomic E-state index is 12.7. The average Bonchev–Trinajstić information content (AvgIpc) is 3.39. The van der Waals surface area contributed by atoms with Crippen LogP contribution in [0.3, 0.4) is 0 Å². The molecule has 0 aliphatic carbocycles. The number of hydrogen-bond donors (Lipinski definition) is 0. The fourth-order valence-electron chi connectivity index (χ4n) is 2.51. The Balaban J connectivity index is 1.43. The highest BCUT2D eigenvalue weighted by molar-refractivity contribution is 7.09. The standard InChI is InChI=1S/C17H15N3O4S/c21-17(10-22-13-3-4-15-16(6-13)24-11-23-15)20(12-7-18-19-8-12)9-14-2-1-5-25-14/h1-7H,8-11H2. The number of thiophene rings is 1. The van der Waals surface area contributed by atoms with E-state index < -0.39 is 0 Å². The first-order chi connectivity index (χ1) is 12.3. The van der Waals surface area contributed by atoms with Crippen LogP contribution in [0.15, 0.2) is 57.8 Å². The largest absolute Gasteiger partial charge is 0.484 e. The molecule has 2 aromatic rings. The number of rotatable bonds is 6. The van der Waals surface area contributed by atoms with Crippen molar-refractivity contribution in [3.8, 4) is 17.2 Å². The molecule has 1 aromatic heterocycles. The number of fused-ring (bicyclic) bond motifs is 1. The molecule has 0 bridgehead atoms. The molecule has 0 atom stereocenters. The molecule has 2 aliphatic rings. The van der Waals surface area contributed by atoms with Gasteiger partial charge >= 0.3 is 0 Å². The summed E-state index contributed by atoms with van der Waals surface area (Å²) in [5, 5.41) is 9.77. The molecule has 128 valence electrons. The molecule has 4 rings (SSSR count). The zero-order valence-electron chi connectivity index (χ0n) is 13.3. The molecule has 0 fully saturated rings. The van der Waals surface area contributed by atoms with E-state index in [1.807, 2.05) is 17.5 Å². The van der Waals surface area contributed by atoms with Crippen LogP contribution in [0.5, 0.6) is 17.2 Å². The van der Waals surface area contributed by atoms with Gasteiger partial charge in [-0.05, 0) is 23.6 Å². The van der Waals surface area contributed by atoms with E-state index in [1.54, 1.807) is 40.6 Å². The quantitative estimate of drug-likeness (QED) is 0.796. The first-order valence-corrected chi connectivity index (χ1v) is 8.58. The van der Waals surface area contributed by atoms with Crippen molar-refractivity contribution in [1.82, 2.24) is 4.90 Å². The number of hydrogen-bond acceptors (Lipinski definition) is 7. The van der Waals surface area contributed by atoms with Gasteiger partial charge in [0.15, 0.2) is 18.1 Å². The molecule has 3 heterocycles. The minimum Gasteiger partial charge on any atom is -0.484 e. The molecule has 25 heavy (non-hydrogen) atoms. The van der Waals surface area contributed by atoms with Crippen LogP contribution in [-0.2, 0) is 11.3 Å². The van der Waals surface area contributed by atoms with Gasteiger partial charge in [0, 0.05) is 10.9 Å². The van der Waals surface area contributed by atoms with E-state index >= 15 is 0 Å². The fraction of sp³-hybridized carbons (Fsp3) is 0.235. The van der Waals surface area contributed by atoms with Crippen LogP contribution in [0.2, 0.25) is 0 Å². The smallest absolute Gasteiger partial charge is 0.265 e. The van der Waals surface area contributed by atoms with Crippen molar-refractivity contribution in [3.63, 3.8) is 0 Å². The lowest BCUT2D eigenvalue weighted by Crippen LogP contribution is -2.34. The molecule has 0 radical (unpaired) electrons. The minimum atomic E-state index is -0.149. The predicted molar refractivity (Wildman–Crippen MR) is 90.7 cm³/mol. The van der Waals surface area contributed by atoms with E-state index in [4.69, 9.17) is 14.2 Å². The lowest BCUT2D eigenvalue weighted by Gasteiger charge is -2.22. The van der Waals surface area contributed by atoms with Gasteiger partial charge in [0.2, 0.25) is 6.79 Å². The van der Waals surface area contributed by atoms with Crippen LogP contribution in [0.4, 0.5) is 0 Å². The Hall–Kier alpha value is -2.87. The number of azo groups is 1. The van der Waals surface area contributed by atoms with Crippen LogP contribution in [-0.4, -0.2) is 30.8 Å². The number of ether oxygens (including phenoxy) is 3. The Bertz CT molecular complexity index is 832. The van der Waals surface area contributed by atoms with E-state index in [1.165, 1.54) is 0 Å². The minimum absolute atomic E-state index is 0.0810. The lowest BCUT2D eigenvalue weighted by molar-refractivity contribution is -0.131. The average molecular weight is 357 g/mol. The zero-order valence-corrected chi connectivity index (χ0v) is 14.1. The normalized spacial score (nSPS) is 14.5. The fourth-order valence-corrected chi connectivity index (χ4v) is 3.21. The highest BCUT2D eigenvalue weighted by Crippen LogP contribution is 2.35. The first kappa shape index (κ1) is 15.6. The molecular weight excluding hydrogens is 342 g/mol. The molecule has 1 aromatic carbocycles. The molecule has 0 saturated heterocycles. The van der Waals surface area contributed by atoms with Crippen LogP contribution >= 0.6 is 11.3 Å². The second-order valence-corrected chi connectivity index (χ2v) is 6.43. The Morgan fingerprint density at radius 2 is 2.20 bits per heavy atom. The number of carbonyl (C=O) groups excluding carboxylic acids is 1. The van der Waals surface area contributed by atoms with Gasteiger partial charge in [0.1, 0.15) is 12.3 Å². The van der Waals surface area contributed by atoms with Gasteiger partial charge in [-0.15, -0.1) is 11.3 Å². The summed E-state index contributed by atoms with van der Waals surface area (Å²) >= 11 is 1.60. The van der Waals surface area contributed by atoms with Crippen molar-refractivity contribution in [2.75, 3.05) is 19.9 Å². The summed E-state index contributed by atoms with van der Waals surface area (Å²) in [5.74, 6) is 1.71. The van der Waals surface area contributed by atoms with Crippen LogP contribution < -0.4 is 14.2 Å². The van der Waals surface area contributed by atoms with Crippen molar-refractivity contribution in [2.45, 2.75) is 6.54 Å². The third kappa shape index (κ3) is 3.48. The van der Waals surface area contributed by atoms with E-state index in [0.29, 0.717) is 30.3 Å². The molecular formula is C17H15N3O4S. The van der Waals surface area contributed by atoms with Crippen molar-refractivity contribution < 1.29 is 19.0 Å². The molecule has 0 spiro atoms. The molecule has 7 nitrogen and oxygen atoms in total. The van der Waals surface area contributed by atoms with Gasteiger partial charge in [-0.1, -0.05) is 6.07 Å². The van der Waals surface area contributed by atoms with Crippen LogP contribution in [0.1, 0.15) is 4.88 Å². The summed E-state index contributed by atoms with van der Waals surface area (Å²) in [7, 11) is 0.